The number of nitrogens with zero attached hydrogens (tertiary/aromatic N) is 1. The van der Waals surface area contributed by atoms with E-state index in [4.69, 9.17) is 14.2 Å². The molecule has 0 bridgehead atoms. The monoisotopic (exact) mass is 363 g/mol. The molecule has 1 aliphatic heterocycles. The lowest BCUT2D eigenvalue weighted by Crippen LogP contribution is -2.45. The van der Waals surface area contributed by atoms with Crippen molar-refractivity contribution in [2.45, 2.75) is 38.8 Å². The molecule has 6 heteroatoms. The molecule has 1 saturated heterocycles. The summed E-state index contributed by atoms with van der Waals surface area (Å²) in [6, 6.07) is 10.1. The summed E-state index contributed by atoms with van der Waals surface area (Å²) in [5, 5.41) is 0. The van der Waals surface area contributed by atoms with Crippen LogP contribution in [0, 0.1) is 5.41 Å². The summed E-state index contributed by atoms with van der Waals surface area (Å²) in [6.07, 6.45) is 0.474. The predicted octanol–water partition coefficient (Wildman–Crippen LogP) is 2.41. The predicted molar refractivity (Wildman–Crippen MR) is 97.4 cm³/mol. The molecule has 1 fully saturated rings. The van der Waals surface area contributed by atoms with Crippen LogP contribution in [0.1, 0.15) is 32.3 Å². The molecule has 1 unspecified atom stereocenters. The molecule has 1 aliphatic rings. The molecule has 1 aromatic rings. The van der Waals surface area contributed by atoms with Crippen LogP contribution in [0.4, 0.5) is 0 Å². The number of hydrogen-bond acceptors (Lipinski definition) is 6. The van der Waals surface area contributed by atoms with Gasteiger partial charge in [0.25, 0.3) is 0 Å². The van der Waals surface area contributed by atoms with E-state index >= 15 is 0 Å². The Hall–Kier alpha value is -1.92. The molecule has 26 heavy (non-hydrogen) atoms. The number of rotatable bonds is 6. The molecule has 0 saturated carbocycles. The molecule has 144 valence electrons. The SMILES string of the molecule is COC(=O)CCC1(C(=O)OC)COC(C)(C)CN(Cc2ccccc2)C1. The van der Waals surface area contributed by atoms with Crippen molar-refractivity contribution in [3.63, 3.8) is 0 Å². The van der Waals surface area contributed by atoms with Crippen molar-refractivity contribution in [2.24, 2.45) is 5.41 Å². The second-order valence-electron chi connectivity index (χ2n) is 7.53. The van der Waals surface area contributed by atoms with Crippen molar-refractivity contribution in [1.82, 2.24) is 4.90 Å². The van der Waals surface area contributed by atoms with E-state index < -0.39 is 11.0 Å². The van der Waals surface area contributed by atoms with E-state index in [0.29, 0.717) is 26.1 Å². The third kappa shape index (κ3) is 5.29. The van der Waals surface area contributed by atoms with Crippen molar-refractivity contribution in [2.75, 3.05) is 33.9 Å². The van der Waals surface area contributed by atoms with Gasteiger partial charge in [0.15, 0.2) is 0 Å². The van der Waals surface area contributed by atoms with Gasteiger partial charge in [-0.15, -0.1) is 0 Å². The number of methoxy groups -OCH3 is 2. The number of hydrogen-bond donors (Lipinski definition) is 0. The van der Waals surface area contributed by atoms with E-state index in [9.17, 15) is 9.59 Å². The summed E-state index contributed by atoms with van der Waals surface area (Å²) in [4.78, 5) is 26.5. The second kappa shape index (κ2) is 8.64. The van der Waals surface area contributed by atoms with Crippen LogP contribution >= 0.6 is 0 Å². The first-order chi connectivity index (χ1) is 12.3. The molecular weight excluding hydrogens is 334 g/mol. The van der Waals surface area contributed by atoms with Crippen LogP contribution in [-0.2, 0) is 30.3 Å². The summed E-state index contributed by atoms with van der Waals surface area (Å²) in [6.45, 7) is 6.09. The molecule has 2 rings (SSSR count). The highest BCUT2D eigenvalue weighted by molar-refractivity contribution is 5.78. The zero-order chi connectivity index (χ0) is 19.2. The van der Waals surface area contributed by atoms with Crippen LogP contribution < -0.4 is 0 Å². The Bertz CT molecular complexity index is 616. The maximum atomic E-state index is 12.7. The largest absolute Gasteiger partial charge is 0.469 e. The highest BCUT2D eigenvalue weighted by Crippen LogP contribution is 2.34. The van der Waals surface area contributed by atoms with Gasteiger partial charge in [-0.2, -0.15) is 0 Å². The lowest BCUT2D eigenvalue weighted by atomic mass is 9.83. The molecule has 1 aromatic carbocycles. The molecular formula is C20H29NO5. The van der Waals surface area contributed by atoms with Crippen molar-refractivity contribution in [3.05, 3.63) is 35.9 Å². The van der Waals surface area contributed by atoms with Crippen molar-refractivity contribution < 1.29 is 23.8 Å². The van der Waals surface area contributed by atoms with Crippen molar-refractivity contribution in [1.29, 1.82) is 0 Å². The first-order valence-corrected chi connectivity index (χ1v) is 8.86. The van der Waals surface area contributed by atoms with E-state index in [1.165, 1.54) is 14.2 Å². The quantitative estimate of drug-likeness (QED) is 0.723. The lowest BCUT2D eigenvalue weighted by molar-refractivity contribution is -0.160. The fourth-order valence-electron chi connectivity index (χ4n) is 3.44. The average molecular weight is 363 g/mol. The van der Waals surface area contributed by atoms with Gasteiger partial charge in [0.1, 0.15) is 5.41 Å². The van der Waals surface area contributed by atoms with E-state index in [-0.39, 0.29) is 25.0 Å². The van der Waals surface area contributed by atoms with Gasteiger partial charge in [-0.05, 0) is 25.8 Å². The van der Waals surface area contributed by atoms with Gasteiger partial charge >= 0.3 is 11.9 Å². The normalized spacial score (nSPS) is 23.1. The van der Waals surface area contributed by atoms with Crippen LogP contribution in [-0.4, -0.2) is 56.4 Å². The van der Waals surface area contributed by atoms with E-state index in [1.54, 1.807) is 0 Å². The third-order valence-corrected chi connectivity index (χ3v) is 4.77. The molecule has 6 nitrogen and oxygen atoms in total. The fraction of sp³-hybridized carbons (Fsp3) is 0.600. The smallest absolute Gasteiger partial charge is 0.315 e. The number of esters is 2. The minimum absolute atomic E-state index is 0.147. The van der Waals surface area contributed by atoms with Crippen LogP contribution in [0.25, 0.3) is 0 Å². The topological polar surface area (TPSA) is 65.1 Å². The molecule has 0 aliphatic carbocycles. The minimum atomic E-state index is -0.897. The molecule has 0 radical (unpaired) electrons. The Morgan fingerprint density at radius 1 is 1.12 bits per heavy atom. The van der Waals surface area contributed by atoms with Crippen molar-refractivity contribution in [3.8, 4) is 0 Å². The van der Waals surface area contributed by atoms with Gasteiger partial charge in [0, 0.05) is 26.1 Å². The highest BCUT2D eigenvalue weighted by Gasteiger charge is 2.46. The summed E-state index contributed by atoms with van der Waals surface area (Å²) in [7, 11) is 2.72. The third-order valence-electron chi connectivity index (χ3n) is 4.77. The molecule has 1 heterocycles. The maximum Gasteiger partial charge on any atom is 0.315 e. The minimum Gasteiger partial charge on any atom is -0.469 e. The van der Waals surface area contributed by atoms with Crippen LogP contribution in [0.5, 0.6) is 0 Å². The summed E-state index contributed by atoms with van der Waals surface area (Å²) in [5.74, 6) is -0.691. The first-order valence-electron chi connectivity index (χ1n) is 8.86. The number of benzene rings is 1. The van der Waals surface area contributed by atoms with Gasteiger partial charge in [-0.3, -0.25) is 14.5 Å². The zero-order valence-corrected chi connectivity index (χ0v) is 16.1. The average Bonchev–Trinajstić information content (AvgIpc) is 2.76. The molecule has 1 atom stereocenters. The van der Waals surface area contributed by atoms with E-state index in [0.717, 1.165) is 5.56 Å². The summed E-state index contributed by atoms with van der Waals surface area (Å²) in [5.41, 5.74) is -0.140. The van der Waals surface area contributed by atoms with E-state index in [1.807, 2.05) is 32.0 Å². The Balaban J connectivity index is 2.27. The van der Waals surface area contributed by atoms with Gasteiger partial charge < -0.3 is 14.2 Å². The zero-order valence-electron chi connectivity index (χ0n) is 16.1. The van der Waals surface area contributed by atoms with Crippen LogP contribution in [0.3, 0.4) is 0 Å². The summed E-state index contributed by atoms with van der Waals surface area (Å²) >= 11 is 0. The number of carbonyl (C=O) groups excluding carboxylic acids is 2. The molecule has 0 N–H and O–H groups in total. The van der Waals surface area contributed by atoms with Crippen molar-refractivity contribution >= 4 is 11.9 Å². The Morgan fingerprint density at radius 3 is 2.42 bits per heavy atom. The van der Waals surface area contributed by atoms with Crippen LogP contribution in [0.2, 0.25) is 0 Å². The van der Waals surface area contributed by atoms with Gasteiger partial charge in [-0.25, -0.2) is 0 Å². The summed E-state index contributed by atoms with van der Waals surface area (Å²) < 4.78 is 15.9. The molecule has 0 amide bonds. The maximum absolute atomic E-state index is 12.7. The van der Waals surface area contributed by atoms with Crippen LogP contribution in [0.15, 0.2) is 30.3 Å². The number of ether oxygens (including phenoxy) is 3. The molecule has 0 spiro atoms. The van der Waals surface area contributed by atoms with Gasteiger partial charge in [0.2, 0.25) is 0 Å². The standard InChI is InChI=1S/C20H29NO5/c1-19(2)13-21(12-16-8-6-5-7-9-16)14-20(15-26-19,18(23)25-4)11-10-17(22)24-3/h5-9H,10-15H2,1-4H3. The Kier molecular flexibility index (Phi) is 6.78. The van der Waals surface area contributed by atoms with Gasteiger partial charge in [0.05, 0.1) is 26.4 Å². The first kappa shape index (κ1) is 20.4. The highest BCUT2D eigenvalue weighted by atomic mass is 16.5. The number of carbonyl (C=O) groups is 2. The lowest BCUT2D eigenvalue weighted by Gasteiger charge is -2.32. The second-order valence-corrected chi connectivity index (χ2v) is 7.53. The van der Waals surface area contributed by atoms with Gasteiger partial charge in [-0.1, -0.05) is 30.3 Å². The van der Waals surface area contributed by atoms with E-state index in [2.05, 4.69) is 17.0 Å². The Labute approximate surface area is 155 Å². The fourth-order valence-corrected chi connectivity index (χ4v) is 3.44. The molecule has 0 aromatic heterocycles. The Morgan fingerprint density at radius 2 is 1.81 bits per heavy atom.